The molecule has 0 aliphatic rings. The lowest BCUT2D eigenvalue weighted by molar-refractivity contribution is 0.130. The zero-order valence-electron chi connectivity index (χ0n) is 21.0. The van der Waals surface area contributed by atoms with Crippen LogP contribution in [0.25, 0.3) is 0 Å². The zero-order chi connectivity index (χ0) is 21.0. The highest BCUT2D eigenvalue weighted by Gasteiger charge is 2.30. The largest absolute Gasteiger partial charge is 0.0654 e. The lowest BCUT2D eigenvalue weighted by Crippen LogP contribution is -2.28. The SMILES string of the molecule is CCCC(C)C(C)C(CC)C(CCCC(CC)C(C)(C)C)CC(CC)CC. The van der Waals surface area contributed by atoms with Crippen LogP contribution < -0.4 is 0 Å². The fourth-order valence-electron chi connectivity index (χ4n) is 5.71. The van der Waals surface area contributed by atoms with E-state index < -0.39 is 0 Å². The Balaban J connectivity index is 5.13. The van der Waals surface area contributed by atoms with E-state index in [2.05, 4.69) is 69.2 Å². The highest BCUT2D eigenvalue weighted by molar-refractivity contribution is 4.80. The summed E-state index contributed by atoms with van der Waals surface area (Å²) >= 11 is 0. The second kappa shape index (κ2) is 14.1. The van der Waals surface area contributed by atoms with Crippen molar-refractivity contribution in [2.75, 3.05) is 0 Å². The smallest absolute Gasteiger partial charge is 0.0354 e. The van der Waals surface area contributed by atoms with Crippen LogP contribution in [0.1, 0.15) is 133 Å². The molecule has 0 heteroatoms. The molecule has 0 spiro atoms. The lowest BCUT2D eigenvalue weighted by Gasteiger charge is -2.37. The molecule has 0 radical (unpaired) electrons. The van der Waals surface area contributed by atoms with Crippen molar-refractivity contribution in [3.05, 3.63) is 0 Å². The first-order chi connectivity index (χ1) is 12.7. The Morgan fingerprint density at radius 1 is 0.704 bits per heavy atom. The van der Waals surface area contributed by atoms with Crippen LogP contribution in [0.5, 0.6) is 0 Å². The van der Waals surface area contributed by atoms with E-state index in [1.165, 1.54) is 64.2 Å². The number of hydrogen-bond acceptors (Lipinski definition) is 0. The molecule has 0 N–H and O–H groups in total. The molecule has 0 nitrogen and oxygen atoms in total. The van der Waals surface area contributed by atoms with Crippen LogP contribution in [0, 0.1) is 40.9 Å². The van der Waals surface area contributed by atoms with Crippen molar-refractivity contribution in [3.8, 4) is 0 Å². The monoisotopic (exact) mass is 380 g/mol. The number of hydrogen-bond donors (Lipinski definition) is 0. The molecule has 0 bridgehead atoms. The van der Waals surface area contributed by atoms with Gasteiger partial charge in [0.2, 0.25) is 0 Å². The second-order valence-electron chi connectivity index (χ2n) is 10.8. The minimum atomic E-state index is 0.465. The van der Waals surface area contributed by atoms with E-state index in [0.29, 0.717) is 5.41 Å². The Hall–Kier alpha value is 0. The van der Waals surface area contributed by atoms with Gasteiger partial charge in [-0.15, -0.1) is 0 Å². The Kier molecular flexibility index (Phi) is 14.1. The first-order valence-corrected chi connectivity index (χ1v) is 12.7. The molecule has 0 saturated carbocycles. The summed E-state index contributed by atoms with van der Waals surface area (Å²) in [6.45, 7) is 24.4. The molecule has 0 saturated heterocycles. The topological polar surface area (TPSA) is 0 Å². The van der Waals surface area contributed by atoms with Gasteiger partial charge in [0.25, 0.3) is 0 Å². The normalized spacial score (nSPS) is 18.3. The van der Waals surface area contributed by atoms with Gasteiger partial charge < -0.3 is 0 Å². The Bertz CT molecular complexity index is 332. The summed E-state index contributed by atoms with van der Waals surface area (Å²) in [5, 5.41) is 0. The van der Waals surface area contributed by atoms with Crippen LogP contribution >= 0.6 is 0 Å². The Morgan fingerprint density at radius 3 is 1.70 bits per heavy atom. The van der Waals surface area contributed by atoms with Crippen molar-refractivity contribution in [3.63, 3.8) is 0 Å². The Labute approximate surface area is 174 Å². The van der Waals surface area contributed by atoms with Crippen molar-refractivity contribution in [1.29, 1.82) is 0 Å². The molecule has 0 heterocycles. The summed E-state index contributed by atoms with van der Waals surface area (Å²) in [7, 11) is 0. The van der Waals surface area contributed by atoms with Crippen LogP contribution in [0.4, 0.5) is 0 Å². The number of rotatable bonds is 15. The molecule has 0 aromatic rings. The van der Waals surface area contributed by atoms with Gasteiger partial charge in [0.1, 0.15) is 0 Å². The minimum absolute atomic E-state index is 0.465. The third-order valence-electron chi connectivity index (χ3n) is 8.03. The van der Waals surface area contributed by atoms with Crippen molar-refractivity contribution < 1.29 is 0 Å². The minimum Gasteiger partial charge on any atom is -0.0654 e. The van der Waals surface area contributed by atoms with E-state index in [1.807, 2.05) is 0 Å². The van der Waals surface area contributed by atoms with E-state index in [0.717, 1.165) is 35.5 Å². The second-order valence-corrected chi connectivity index (χ2v) is 10.8. The zero-order valence-corrected chi connectivity index (χ0v) is 21.0. The molecule has 164 valence electrons. The molecule has 0 fully saturated rings. The van der Waals surface area contributed by atoms with E-state index >= 15 is 0 Å². The molecule has 0 aromatic heterocycles. The van der Waals surface area contributed by atoms with Crippen molar-refractivity contribution in [1.82, 2.24) is 0 Å². The van der Waals surface area contributed by atoms with Gasteiger partial charge >= 0.3 is 0 Å². The molecule has 0 aliphatic heterocycles. The Morgan fingerprint density at radius 2 is 1.30 bits per heavy atom. The van der Waals surface area contributed by atoms with Crippen molar-refractivity contribution in [2.45, 2.75) is 133 Å². The first kappa shape index (κ1) is 27.0. The first-order valence-electron chi connectivity index (χ1n) is 12.7. The van der Waals surface area contributed by atoms with E-state index in [-0.39, 0.29) is 0 Å². The molecular formula is C27H56. The molecule has 0 aromatic carbocycles. The molecule has 0 aliphatic carbocycles. The average molecular weight is 381 g/mol. The maximum absolute atomic E-state index is 2.57. The standard InChI is InChI=1S/C27H56/c1-11-17-21(6)22(7)26(15-5)24(20-23(12-2)13-3)18-16-19-25(14-4)27(8,9)10/h21-26H,11-20H2,1-10H3. The molecule has 27 heavy (non-hydrogen) atoms. The van der Waals surface area contributed by atoms with Gasteiger partial charge in [-0.3, -0.25) is 0 Å². The molecule has 5 atom stereocenters. The van der Waals surface area contributed by atoms with E-state index in [1.54, 1.807) is 0 Å². The maximum Gasteiger partial charge on any atom is -0.0354 e. The van der Waals surface area contributed by atoms with Crippen molar-refractivity contribution >= 4 is 0 Å². The van der Waals surface area contributed by atoms with Gasteiger partial charge in [-0.2, -0.15) is 0 Å². The summed E-state index contributed by atoms with van der Waals surface area (Å²) in [4.78, 5) is 0. The molecule has 0 amide bonds. The average Bonchev–Trinajstić information content (AvgIpc) is 2.61. The highest BCUT2D eigenvalue weighted by Crippen LogP contribution is 2.40. The molecule has 0 rings (SSSR count). The summed E-state index contributed by atoms with van der Waals surface area (Å²) in [5.74, 6) is 5.42. The fraction of sp³-hybridized carbons (Fsp3) is 1.00. The lowest BCUT2D eigenvalue weighted by atomic mass is 9.68. The third-order valence-corrected chi connectivity index (χ3v) is 8.03. The van der Waals surface area contributed by atoms with Crippen LogP contribution in [0.3, 0.4) is 0 Å². The van der Waals surface area contributed by atoms with E-state index in [4.69, 9.17) is 0 Å². The van der Waals surface area contributed by atoms with Gasteiger partial charge in [0.15, 0.2) is 0 Å². The molecular weight excluding hydrogens is 324 g/mol. The van der Waals surface area contributed by atoms with Crippen molar-refractivity contribution in [2.24, 2.45) is 40.9 Å². The van der Waals surface area contributed by atoms with Gasteiger partial charge in [-0.05, 0) is 53.8 Å². The van der Waals surface area contributed by atoms with E-state index in [9.17, 15) is 0 Å². The van der Waals surface area contributed by atoms with Gasteiger partial charge in [-0.1, -0.05) is 121 Å². The van der Waals surface area contributed by atoms with Gasteiger partial charge in [-0.25, -0.2) is 0 Å². The van der Waals surface area contributed by atoms with Gasteiger partial charge in [0, 0.05) is 0 Å². The quantitative estimate of drug-likeness (QED) is 0.265. The van der Waals surface area contributed by atoms with Gasteiger partial charge in [0.05, 0.1) is 0 Å². The third kappa shape index (κ3) is 9.85. The summed E-state index contributed by atoms with van der Waals surface area (Å²) in [6.07, 6.45) is 14.0. The maximum atomic E-state index is 2.57. The summed E-state index contributed by atoms with van der Waals surface area (Å²) in [6, 6.07) is 0. The fourth-order valence-corrected chi connectivity index (χ4v) is 5.71. The predicted molar refractivity (Wildman–Crippen MR) is 126 cm³/mol. The van der Waals surface area contributed by atoms with Crippen LogP contribution in [-0.2, 0) is 0 Å². The van der Waals surface area contributed by atoms with Crippen LogP contribution in [0.2, 0.25) is 0 Å². The summed E-state index contributed by atoms with van der Waals surface area (Å²) in [5.41, 5.74) is 0.465. The van der Waals surface area contributed by atoms with Crippen LogP contribution in [-0.4, -0.2) is 0 Å². The highest BCUT2D eigenvalue weighted by atomic mass is 14.4. The predicted octanol–water partition coefficient (Wildman–Crippen LogP) is 9.77. The summed E-state index contributed by atoms with van der Waals surface area (Å²) < 4.78 is 0. The molecule has 5 unspecified atom stereocenters. The van der Waals surface area contributed by atoms with Crippen LogP contribution in [0.15, 0.2) is 0 Å².